The SMILES string of the molecule is CC(=O)N[C@@H](CSc1cc2c3c(cccc3c1N)C(=O)c1ccccc1-2)C(=O)O. The maximum Gasteiger partial charge on any atom is 0.327 e. The Morgan fingerprint density at radius 3 is 2.45 bits per heavy atom. The second-order valence-electron chi connectivity index (χ2n) is 6.84. The molecule has 0 aliphatic heterocycles. The lowest BCUT2D eigenvalue weighted by molar-refractivity contribution is -0.140. The van der Waals surface area contributed by atoms with Crippen molar-refractivity contribution in [3.05, 3.63) is 59.7 Å². The van der Waals surface area contributed by atoms with E-state index in [2.05, 4.69) is 5.32 Å². The first kappa shape index (κ1) is 19.0. The minimum absolute atomic E-state index is 0.0323. The summed E-state index contributed by atoms with van der Waals surface area (Å²) in [6.45, 7) is 1.28. The second kappa shape index (κ2) is 7.25. The molecule has 0 radical (unpaired) electrons. The number of anilines is 1. The lowest BCUT2D eigenvalue weighted by Gasteiger charge is -2.22. The van der Waals surface area contributed by atoms with Gasteiger partial charge in [0.1, 0.15) is 6.04 Å². The third-order valence-electron chi connectivity index (χ3n) is 4.95. The molecule has 3 aromatic carbocycles. The molecular weight excluding hydrogens is 388 g/mol. The van der Waals surface area contributed by atoms with Gasteiger partial charge in [0.25, 0.3) is 0 Å². The Labute approximate surface area is 171 Å². The molecule has 6 nitrogen and oxygen atoms in total. The largest absolute Gasteiger partial charge is 0.480 e. The average Bonchev–Trinajstić information content (AvgIpc) is 2.70. The molecule has 4 N–H and O–H groups in total. The van der Waals surface area contributed by atoms with Crippen LogP contribution in [-0.4, -0.2) is 34.6 Å². The van der Waals surface area contributed by atoms with Crippen molar-refractivity contribution in [2.24, 2.45) is 0 Å². The number of nitrogen functional groups attached to an aromatic ring is 1. The van der Waals surface area contributed by atoms with Crippen LogP contribution in [-0.2, 0) is 9.59 Å². The van der Waals surface area contributed by atoms with Gasteiger partial charge >= 0.3 is 5.97 Å². The molecular formula is C22H18N2O4S. The standard InChI is InChI=1S/C22H18N2O4S/c1-11(25)24-17(22(27)28)10-29-18-9-16-12-5-2-3-6-13(12)21(26)15-8-4-7-14(19(15)16)20(18)23/h2-9,17H,10,23H2,1H3,(H,24,25)(H,27,28)/t17-/m0/s1. The fourth-order valence-electron chi connectivity index (χ4n) is 3.66. The van der Waals surface area contributed by atoms with Gasteiger partial charge in [-0.15, -0.1) is 11.8 Å². The molecule has 0 saturated heterocycles. The van der Waals surface area contributed by atoms with E-state index < -0.39 is 17.9 Å². The van der Waals surface area contributed by atoms with Crippen molar-refractivity contribution in [1.82, 2.24) is 5.32 Å². The number of aliphatic carboxylic acids is 1. The molecule has 0 bridgehead atoms. The maximum absolute atomic E-state index is 12.9. The summed E-state index contributed by atoms with van der Waals surface area (Å²) >= 11 is 1.27. The number of carboxylic acids is 1. The summed E-state index contributed by atoms with van der Waals surface area (Å²) in [4.78, 5) is 36.4. The normalized spacial score (nSPS) is 13.1. The van der Waals surface area contributed by atoms with Crippen LogP contribution >= 0.6 is 11.8 Å². The van der Waals surface area contributed by atoms with E-state index in [0.29, 0.717) is 21.7 Å². The van der Waals surface area contributed by atoms with Crippen LogP contribution < -0.4 is 11.1 Å². The number of fused-ring (bicyclic) bond motifs is 2. The van der Waals surface area contributed by atoms with Crippen LogP contribution in [0.4, 0.5) is 5.69 Å². The summed E-state index contributed by atoms with van der Waals surface area (Å²) in [7, 11) is 0. The number of carboxylic acid groups (broad SMARTS) is 1. The van der Waals surface area contributed by atoms with E-state index in [-0.39, 0.29) is 11.5 Å². The summed E-state index contributed by atoms with van der Waals surface area (Å²) in [6, 6.07) is 13.8. The maximum atomic E-state index is 12.9. The van der Waals surface area contributed by atoms with E-state index in [1.807, 2.05) is 30.3 Å². The van der Waals surface area contributed by atoms with Crippen molar-refractivity contribution >= 4 is 45.9 Å². The van der Waals surface area contributed by atoms with Crippen LogP contribution in [0.1, 0.15) is 22.8 Å². The van der Waals surface area contributed by atoms with Gasteiger partial charge in [-0.05, 0) is 17.2 Å². The van der Waals surface area contributed by atoms with Crippen molar-refractivity contribution in [3.63, 3.8) is 0 Å². The molecule has 3 aromatic rings. The number of nitrogens with two attached hydrogens (primary N) is 1. The number of hydrogen-bond acceptors (Lipinski definition) is 5. The summed E-state index contributed by atoms with van der Waals surface area (Å²) in [5.41, 5.74) is 9.87. The molecule has 1 amide bonds. The number of rotatable bonds is 5. The number of ketones is 1. The van der Waals surface area contributed by atoms with E-state index in [9.17, 15) is 19.5 Å². The fourth-order valence-corrected chi connectivity index (χ4v) is 4.69. The third-order valence-corrected chi connectivity index (χ3v) is 6.10. The highest BCUT2D eigenvalue weighted by molar-refractivity contribution is 7.99. The topological polar surface area (TPSA) is 109 Å². The van der Waals surface area contributed by atoms with Gasteiger partial charge in [-0.25, -0.2) is 4.79 Å². The van der Waals surface area contributed by atoms with Gasteiger partial charge < -0.3 is 16.2 Å². The number of amides is 1. The van der Waals surface area contributed by atoms with Gasteiger partial charge in [-0.2, -0.15) is 0 Å². The summed E-state index contributed by atoms with van der Waals surface area (Å²) < 4.78 is 0. The zero-order chi connectivity index (χ0) is 20.7. The number of hydrogen-bond donors (Lipinski definition) is 3. The third kappa shape index (κ3) is 3.23. The monoisotopic (exact) mass is 406 g/mol. The molecule has 0 saturated carbocycles. The van der Waals surface area contributed by atoms with Crippen molar-refractivity contribution in [2.45, 2.75) is 17.9 Å². The van der Waals surface area contributed by atoms with Gasteiger partial charge in [0.2, 0.25) is 5.91 Å². The van der Waals surface area contributed by atoms with Gasteiger partial charge in [-0.1, -0.05) is 42.5 Å². The molecule has 1 aliphatic carbocycles. The molecule has 7 heteroatoms. The minimum atomic E-state index is -1.10. The van der Waals surface area contributed by atoms with Crippen LogP contribution in [0, 0.1) is 0 Å². The van der Waals surface area contributed by atoms with Crippen LogP contribution in [0.3, 0.4) is 0 Å². The highest BCUT2D eigenvalue weighted by Gasteiger charge is 2.27. The molecule has 0 fully saturated rings. The molecule has 1 atom stereocenters. The first-order valence-corrected chi connectivity index (χ1v) is 9.99. The van der Waals surface area contributed by atoms with Crippen molar-refractivity contribution in [3.8, 4) is 11.1 Å². The zero-order valence-electron chi connectivity index (χ0n) is 15.6. The quantitative estimate of drug-likeness (QED) is 0.346. The fraction of sp³-hybridized carbons (Fsp3) is 0.136. The predicted octanol–water partition coefficient (Wildman–Crippen LogP) is 3.31. The lowest BCUT2D eigenvalue weighted by atomic mass is 9.82. The highest BCUT2D eigenvalue weighted by atomic mass is 32.2. The Morgan fingerprint density at radius 1 is 1.07 bits per heavy atom. The van der Waals surface area contributed by atoms with Crippen LogP contribution in [0.5, 0.6) is 0 Å². The molecule has 1 aliphatic rings. The van der Waals surface area contributed by atoms with Crippen LogP contribution in [0.2, 0.25) is 0 Å². The predicted molar refractivity (Wildman–Crippen MR) is 113 cm³/mol. The van der Waals surface area contributed by atoms with E-state index in [4.69, 9.17) is 5.73 Å². The number of carbonyl (C=O) groups excluding carboxylic acids is 2. The Balaban J connectivity index is 1.83. The Morgan fingerprint density at radius 2 is 1.76 bits per heavy atom. The molecule has 0 aromatic heterocycles. The van der Waals surface area contributed by atoms with Gasteiger partial charge in [0.15, 0.2) is 5.78 Å². The summed E-state index contributed by atoms with van der Waals surface area (Å²) in [6.07, 6.45) is 0. The Bertz CT molecular complexity index is 1190. The highest BCUT2D eigenvalue weighted by Crippen LogP contribution is 2.44. The number of nitrogens with one attached hydrogen (secondary N) is 1. The van der Waals surface area contributed by atoms with Crippen molar-refractivity contribution < 1.29 is 19.5 Å². The average molecular weight is 406 g/mol. The Hall–Kier alpha value is -3.32. The first-order chi connectivity index (χ1) is 13.9. The van der Waals surface area contributed by atoms with E-state index in [1.54, 1.807) is 18.2 Å². The van der Waals surface area contributed by atoms with Crippen LogP contribution in [0.15, 0.2) is 53.4 Å². The van der Waals surface area contributed by atoms with Crippen molar-refractivity contribution in [1.29, 1.82) is 0 Å². The lowest BCUT2D eigenvalue weighted by Crippen LogP contribution is -2.41. The van der Waals surface area contributed by atoms with Gasteiger partial charge in [-0.3, -0.25) is 9.59 Å². The minimum Gasteiger partial charge on any atom is -0.480 e. The molecule has 4 rings (SSSR count). The molecule has 0 unspecified atom stereocenters. The number of thioether (sulfide) groups is 1. The number of carbonyl (C=O) groups is 3. The summed E-state index contributed by atoms with van der Waals surface area (Å²) in [5, 5.41) is 13.4. The first-order valence-electron chi connectivity index (χ1n) is 9.00. The molecule has 0 spiro atoms. The zero-order valence-corrected chi connectivity index (χ0v) is 16.4. The molecule has 0 heterocycles. The van der Waals surface area contributed by atoms with Gasteiger partial charge in [0, 0.05) is 39.5 Å². The van der Waals surface area contributed by atoms with E-state index in [1.165, 1.54) is 18.7 Å². The number of benzene rings is 3. The Kier molecular flexibility index (Phi) is 4.76. The molecule has 146 valence electrons. The van der Waals surface area contributed by atoms with Gasteiger partial charge in [0.05, 0.1) is 5.69 Å². The van der Waals surface area contributed by atoms with E-state index >= 15 is 0 Å². The van der Waals surface area contributed by atoms with E-state index in [0.717, 1.165) is 21.9 Å². The second-order valence-corrected chi connectivity index (χ2v) is 7.90. The van der Waals surface area contributed by atoms with Crippen molar-refractivity contribution in [2.75, 3.05) is 11.5 Å². The molecule has 29 heavy (non-hydrogen) atoms. The van der Waals surface area contributed by atoms with Crippen LogP contribution in [0.25, 0.3) is 21.9 Å². The summed E-state index contributed by atoms with van der Waals surface area (Å²) in [5.74, 6) is -1.41. The smallest absolute Gasteiger partial charge is 0.327 e.